The SMILES string of the molecule is COCCOC(=S)NC(C)C. The van der Waals surface area contributed by atoms with Crippen LogP contribution in [-0.4, -0.2) is 31.5 Å². The summed E-state index contributed by atoms with van der Waals surface area (Å²) >= 11 is 4.85. The zero-order chi connectivity index (χ0) is 8.69. The molecule has 0 fully saturated rings. The van der Waals surface area contributed by atoms with E-state index in [1.54, 1.807) is 7.11 Å². The molecule has 0 radical (unpaired) electrons. The van der Waals surface area contributed by atoms with Gasteiger partial charge in [0, 0.05) is 13.2 Å². The van der Waals surface area contributed by atoms with E-state index < -0.39 is 0 Å². The summed E-state index contributed by atoms with van der Waals surface area (Å²) in [5.74, 6) is 0. The summed E-state index contributed by atoms with van der Waals surface area (Å²) in [7, 11) is 1.63. The smallest absolute Gasteiger partial charge is 0.256 e. The van der Waals surface area contributed by atoms with Crippen LogP contribution in [0.3, 0.4) is 0 Å². The van der Waals surface area contributed by atoms with Gasteiger partial charge in [0.1, 0.15) is 6.61 Å². The van der Waals surface area contributed by atoms with Crippen molar-refractivity contribution in [3.05, 3.63) is 0 Å². The van der Waals surface area contributed by atoms with Crippen LogP contribution >= 0.6 is 12.2 Å². The van der Waals surface area contributed by atoms with E-state index in [9.17, 15) is 0 Å². The van der Waals surface area contributed by atoms with Crippen molar-refractivity contribution in [1.82, 2.24) is 5.32 Å². The summed E-state index contributed by atoms with van der Waals surface area (Å²) in [5, 5.41) is 3.40. The average molecular weight is 177 g/mol. The van der Waals surface area contributed by atoms with E-state index in [1.807, 2.05) is 13.8 Å². The molecule has 0 saturated heterocycles. The molecule has 0 aliphatic rings. The van der Waals surface area contributed by atoms with Gasteiger partial charge < -0.3 is 14.8 Å². The highest BCUT2D eigenvalue weighted by Crippen LogP contribution is 1.83. The molecule has 1 N–H and O–H groups in total. The molecule has 0 saturated carbocycles. The molecule has 0 bridgehead atoms. The quantitative estimate of drug-likeness (QED) is 0.511. The first-order valence-corrected chi connectivity index (χ1v) is 4.00. The van der Waals surface area contributed by atoms with Crippen LogP contribution in [0.4, 0.5) is 0 Å². The van der Waals surface area contributed by atoms with Crippen molar-refractivity contribution >= 4 is 17.4 Å². The predicted molar refractivity (Wildman–Crippen MR) is 48.7 cm³/mol. The fourth-order valence-electron chi connectivity index (χ4n) is 0.495. The van der Waals surface area contributed by atoms with Crippen LogP contribution in [0.1, 0.15) is 13.8 Å². The average Bonchev–Trinajstić information content (AvgIpc) is 1.86. The maximum atomic E-state index is 5.09. The highest BCUT2D eigenvalue weighted by Gasteiger charge is 1.97. The highest BCUT2D eigenvalue weighted by atomic mass is 32.1. The Bertz CT molecular complexity index is 117. The minimum atomic E-state index is 0.324. The standard InChI is InChI=1S/C7H15NO2S/c1-6(2)8-7(11)10-5-4-9-3/h6H,4-5H2,1-3H3,(H,8,11). The number of thiocarbonyl (C=S) groups is 1. The molecule has 0 aliphatic heterocycles. The number of methoxy groups -OCH3 is 1. The van der Waals surface area contributed by atoms with Crippen LogP contribution in [0.2, 0.25) is 0 Å². The number of hydrogen-bond donors (Lipinski definition) is 1. The molecule has 0 aliphatic carbocycles. The Hall–Kier alpha value is -0.350. The molecule has 0 amide bonds. The number of hydrogen-bond acceptors (Lipinski definition) is 3. The zero-order valence-electron chi connectivity index (χ0n) is 7.22. The number of ether oxygens (including phenoxy) is 2. The first-order valence-electron chi connectivity index (χ1n) is 3.59. The van der Waals surface area contributed by atoms with Crippen molar-refractivity contribution in [3.63, 3.8) is 0 Å². The lowest BCUT2D eigenvalue weighted by Gasteiger charge is -2.11. The maximum Gasteiger partial charge on any atom is 0.256 e. The summed E-state index contributed by atoms with van der Waals surface area (Å²) in [4.78, 5) is 0. The number of rotatable bonds is 4. The molecule has 0 aromatic carbocycles. The van der Waals surface area contributed by atoms with E-state index >= 15 is 0 Å². The Morgan fingerprint density at radius 1 is 1.45 bits per heavy atom. The monoisotopic (exact) mass is 177 g/mol. The van der Waals surface area contributed by atoms with E-state index in [-0.39, 0.29) is 0 Å². The molecule has 0 atom stereocenters. The third-order valence-electron chi connectivity index (χ3n) is 0.927. The van der Waals surface area contributed by atoms with E-state index in [2.05, 4.69) is 5.32 Å². The van der Waals surface area contributed by atoms with Gasteiger partial charge in [-0.25, -0.2) is 0 Å². The summed E-state index contributed by atoms with van der Waals surface area (Å²) < 4.78 is 9.87. The molecule has 11 heavy (non-hydrogen) atoms. The minimum Gasteiger partial charge on any atom is -0.469 e. The molecule has 66 valence electrons. The fraction of sp³-hybridized carbons (Fsp3) is 0.857. The van der Waals surface area contributed by atoms with E-state index in [1.165, 1.54) is 0 Å². The summed E-state index contributed by atoms with van der Waals surface area (Å²) in [6.45, 7) is 5.09. The topological polar surface area (TPSA) is 30.5 Å². The van der Waals surface area contributed by atoms with Crippen molar-refractivity contribution in [2.45, 2.75) is 19.9 Å². The molecule has 4 heteroatoms. The van der Waals surface area contributed by atoms with Crippen LogP contribution < -0.4 is 5.32 Å². The predicted octanol–water partition coefficient (Wildman–Crippen LogP) is 0.932. The van der Waals surface area contributed by atoms with Crippen LogP contribution in [0.25, 0.3) is 0 Å². The second-order valence-corrected chi connectivity index (χ2v) is 2.80. The van der Waals surface area contributed by atoms with Gasteiger partial charge in [-0.05, 0) is 26.1 Å². The van der Waals surface area contributed by atoms with Gasteiger partial charge in [0.2, 0.25) is 0 Å². The van der Waals surface area contributed by atoms with Crippen molar-refractivity contribution < 1.29 is 9.47 Å². The van der Waals surface area contributed by atoms with Gasteiger partial charge in [0.25, 0.3) is 5.17 Å². The van der Waals surface area contributed by atoms with Crippen LogP contribution in [0.15, 0.2) is 0 Å². The van der Waals surface area contributed by atoms with E-state index in [0.717, 1.165) is 0 Å². The molecule has 0 heterocycles. The fourth-order valence-corrected chi connectivity index (χ4v) is 0.814. The lowest BCUT2D eigenvalue weighted by Crippen LogP contribution is -2.31. The molecule has 0 aromatic rings. The largest absolute Gasteiger partial charge is 0.469 e. The van der Waals surface area contributed by atoms with Crippen molar-refractivity contribution in [2.75, 3.05) is 20.3 Å². The van der Waals surface area contributed by atoms with Crippen LogP contribution in [0.5, 0.6) is 0 Å². The molecule has 3 nitrogen and oxygen atoms in total. The zero-order valence-corrected chi connectivity index (χ0v) is 8.03. The molecule has 0 unspecified atom stereocenters. The summed E-state index contributed by atoms with van der Waals surface area (Å²) in [6.07, 6.45) is 0. The van der Waals surface area contributed by atoms with Gasteiger partial charge in [-0.1, -0.05) is 0 Å². The highest BCUT2D eigenvalue weighted by molar-refractivity contribution is 7.80. The van der Waals surface area contributed by atoms with Gasteiger partial charge in [0.05, 0.1) is 6.61 Å². The molecule has 0 spiro atoms. The van der Waals surface area contributed by atoms with Crippen LogP contribution in [0, 0.1) is 0 Å². The van der Waals surface area contributed by atoms with Gasteiger partial charge in [0.15, 0.2) is 0 Å². The van der Waals surface area contributed by atoms with Crippen LogP contribution in [-0.2, 0) is 9.47 Å². The Morgan fingerprint density at radius 2 is 2.09 bits per heavy atom. The lowest BCUT2D eigenvalue weighted by atomic mass is 10.4. The van der Waals surface area contributed by atoms with Crippen molar-refractivity contribution in [1.29, 1.82) is 0 Å². The second kappa shape index (κ2) is 6.37. The first-order chi connectivity index (χ1) is 5.16. The van der Waals surface area contributed by atoms with Crippen molar-refractivity contribution in [3.8, 4) is 0 Å². The van der Waals surface area contributed by atoms with E-state index in [4.69, 9.17) is 21.7 Å². The van der Waals surface area contributed by atoms with Crippen molar-refractivity contribution in [2.24, 2.45) is 0 Å². The Balaban J connectivity index is 3.23. The first kappa shape index (κ1) is 10.7. The molecular weight excluding hydrogens is 162 g/mol. The molecular formula is C7H15NO2S. The Morgan fingerprint density at radius 3 is 2.55 bits per heavy atom. The second-order valence-electron chi connectivity index (χ2n) is 2.43. The maximum absolute atomic E-state index is 5.09. The minimum absolute atomic E-state index is 0.324. The van der Waals surface area contributed by atoms with Gasteiger partial charge in [-0.15, -0.1) is 0 Å². The van der Waals surface area contributed by atoms with E-state index in [0.29, 0.717) is 24.4 Å². The number of nitrogens with one attached hydrogen (secondary N) is 1. The third-order valence-corrected chi connectivity index (χ3v) is 1.16. The Kier molecular flexibility index (Phi) is 6.16. The van der Waals surface area contributed by atoms with Gasteiger partial charge in [-0.2, -0.15) is 0 Å². The molecule has 0 aromatic heterocycles. The van der Waals surface area contributed by atoms with Gasteiger partial charge >= 0.3 is 0 Å². The lowest BCUT2D eigenvalue weighted by molar-refractivity contribution is 0.140. The Labute approximate surface area is 73.1 Å². The summed E-state index contributed by atoms with van der Waals surface area (Å²) in [6, 6.07) is 0.324. The normalized spacial score (nSPS) is 9.82. The summed E-state index contributed by atoms with van der Waals surface area (Å²) in [5.41, 5.74) is 0. The van der Waals surface area contributed by atoms with Gasteiger partial charge in [-0.3, -0.25) is 0 Å². The third kappa shape index (κ3) is 7.55. The molecule has 0 rings (SSSR count).